The molecule has 3 heterocycles. The molecule has 0 aliphatic carbocycles. The molecule has 0 atom stereocenters. The van der Waals surface area contributed by atoms with E-state index in [0.29, 0.717) is 21.3 Å². The van der Waals surface area contributed by atoms with Gasteiger partial charge in [-0.2, -0.15) is 0 Å². The van der Waals surface area contributed by atoms with Crippen molar-refractivity contribution in [3.63, 3.8) is 0 Å². The molecule has 0 bridgehead atoms. The van der Waals surface area contributed by atoms with Crippen molar-refractivity contribution in [3.8, 4) is 0 Å². The van der Waals surface area contributed by atoms with E-state index in [0.717, 1.165) is 10.5 Å². The molecule has 9 nitrogen and oxygen atoms in total. The van der Waals surface area contributed by atoms with Gasteiger partial charge in [0.2, 0.25) is 5.78 Å². The van der Waals surface area contributed by atoms with Crippen LogP contribution >= 0.6 is 15.9 Å². The maximum Gasteiger partial charge on any atom is 0.329 e. The highest BCUT2D eigenvalue weighted by atomic mass is 79.9. The summed E-state index contributed by atoms with van der Waals surface area (Å²) in [6, 6.07) is 8.39. The van der Waals surface area contributed by atoms with Crippen LogP contribution in [-0.4, -0.2) is 32.1 Å². The maximum atomic E-state index is 13.9. The summed E-state index contributed by atoms with van der Waals surface area (Å²) in [5, 5.41) is 0. The predicted molar refractivity (Wildman–Crippen MR) is 151 cm³/mol. The molecule has 1 N–H and O–H groups in total. The van der Waals surface area contributed by atoms with Gasteiger partial charge >= 0.3 is 5.69 Å². The number of hydrogen-bond acceptors (Lipinski definition) is 6. The van der Waals surface area contributed by atoms with Crippen LogP contribution in [0.3, 0.4) is 0 Å². The standard InChI is InChI=1S/C29H27BrN4O5/c1-7-21-17(6)27(37)34(28(21)38)22-11-18(10-16(5)31-22)13-33-24(23(14(2)3)26(36)32-29(33)39)25(35)19-8-15(4)9-20(30)12-19/h7-12,14H,1,13H2,2-6H3,(H,32,36,39). The van der Waals surface area contributed by atoms with E-state index >= 15 is 0 Å². The number of nitrogens with one attached hydrogen (secondary N) is 1. The monoisotopic (exact) mass is 590 g/mol. The number of carbonyl (C=O) groups excluding carboxylic acids is 3. The van der Waals surface area contributed by atoms with E-state index < -0.39 is 28.8 Å². The van der Waals surface area contributed by atoms with Crippen LogP contribution < -0.4 is 16.1 Å². The Balaban J connectivity index is 1.88. The summed E-state index contributed by atoms with van der Waals surface area (Å²) in [4.78, 5) is 73.3. The number of rotatable bonds is 7. The fourth-order valence-corrected chi connectivity index (χ4v) is 5.34. The number of ketones is 1. The third-order valence-electron chi connectivity index (χ3n) is 6.47. The Morgan fingerprint density at radius 1 is 1.05 bits per heavy atom. The van der Waals surface area contributed by atoms with E-state index in [4.69, 9.17) is 0 Å². The number of benzene rings is 1. The average molecular weight is 591 g/mol. The van der Waals surface area contributed by atoms with Crippen molar-refractivity contribution < 1.29 is 14.4 Å². The van der Waals surface area contributed by atoms with Crippen LogP contribution in [-0.2, 0) is 16.1 Å². The second kappa shape index (κ2) is 10.5. The zero-order valence-corrected chi connectivity index (χ0v) is 23.8. The minimum Gasteiger partial charge on any atom is -0.287 e. The first-order chi connectivity index (χ1) is 18.3. The predicted octanol–water partition coefficient (Wildman–Crippen LogP) is 4.09. The summed E-state index contributed by atoms with van der Waals surface area (Å²) in [6.45, 7) is 12.1. The third kappa shape index (κ3) is 5.12. The van der Waals surface area contributed by atoms with Crippen molar-refractivity contribution in [3.05, 3.63) is 113 Å². The van der Waals surface area contributed by atoms with E-state index in [1.54, 1.807) is 45.9 Å². The number of pyridine rings is 1. The van der Waals surface area contributed by atoms with Gasteiger partial charge in [0.25, 0.3) is 17.4 Å². The molecule has 1 aliphatic rings. The SMILES string of the molecule is C=CC1=C(C)C(=O)N(c2cc(Cn3c(C(=O)c4cc(C)cc(Br)c4)c(C(C)C)c(=O)[nH]c3=O)cc(C)n2)C1=O. The molecule has 1 aliphatic heterocycles. The average Bonchev–Trinajstić information content (AvgIpc) is 3.05. The van der Waals surface area contributed by atoms with Gasteiger partial charge in [-0.05, 0) is 68.1 Å². The van der Waals surface area contributed by atoms with Crippen molar-refractivity contribution in [2.24, 2.45) is 0 Å². The Labute approximate surface area is 233 Å². The molecule has 1 aromatic carbocycles. The Bertz CT molecular complexity index is 1710. The quantitative estimate of drug-likeness (QED) is 0.326. The number of halogens is 1. The van der Waals surface area contributed by atoms with Gasteiger partial charge in [0, 0.05) is 32.4 Å². The minimum absolute atomic E-state index is 0.0213. The molecule has 2 amide bonds. The van der Waals surface area contributed by atoms with Crippen LogP contribution in [0.5, 0.6) is 0 Å². The summed E-state index contributed by atoms with van der Waals surface area (Å²) in [7, 11) is 0. The van der Waals surface area contributed by atoms with Gasteiger partial charge < -0.3 is 0 Å². The Morgan fingerprint density at radius 3 is 2.33 bits per heavy atom. The van der Waals surface area contributed by atoms with Gasteiger partial charge in [0.15, 0.2) is 0 Å². The fraction of sp³-hybridized carbons (Fsp3) is 0.241. The van der Waals surface area contributed by atoms with Crippen molar-refractivity contribution in [2.45, 2.75) is 47.1 Å². The lowest BCUT2D eigenvalue weighted by atomic mass is 9.96. The highest BCUT2D eigenvalue weighted by Crippen LogP contribution is 2.28. The van der Waals surface area contributed by atoms with Crippen LogP contribution in [0.4, 0.5) is 5.82 Å². The summed E-state index contributed by atoms with van der Waals surface area (Å²) >= 11 is 3.41. The van der Waals surface area contributed by atoms with Gasteiger partial charge in [-0.1, -0.05) is 42.4 Å². The van der Waals surface area contributed by atoms with Gasteiger partial charge in [0.1, 0.15) is 11.5 Å². The fourth-order valence-electron chi connectivity index (χ4n) is 4.74. The zero-order valence-electron chi connectivity index (χ0n) is 22.2. The van der Waals surface area contributed by atoms with Gasteiger partial charge in [0.05, 0.1) is 6.54 Å². The molecule has 0 spiro atoms. The molecule has 0 unspecified atom stereocenters. The summed E-state index contributed by atoms with van der Waals surface area (Å²) < 4.78 is 1.91. The van der Waals surface area contributed by atoms with Crippen molar-refractivity contribution >= 4 is 39.3 Å². The van der Waals surface area contributed by atoms with E-state index in [-0.39, 0.29) is 40.7 Å². The molecule has 2 aromatic heterocycles. The first kappa shape index (κ1) is 27.8. The molecule has 3 aromatic rings. The zero-order chi connectivity index (χ0) is 28.8. The number of amides is 2. The lowest BCUT2D eigenvalue weighted by Crippen LogP contribution is -2.38. The number of aromatic nitrogens is 3. The number of imide groups is 1. The minimum atomic E-state index is -0.754. The van der Waals surface area contributed by atoms with Crippen LogP contribution in [0.25, 0.3) is 0 Å². The molecule has 0 saturated carbocycles. The normalized spacial score (nSPS) is 13.6. The second-order valence-electron chi connectivity index (χ2n) is 9.77. The molecular weight excluding hydrogens is 564 g/mol. The second-order valence-corrected chi connectivity index (χ2v) is 10.7. The van der Waals surface area contributed by atoms with E-state index in [1.165, 1.54) is 16.7 Å². The lowest BCUT2D eigenvalue weighted by molar-refractivity contribution is -0.120. The van der Waals surface area contributed by atoms with Gasteiger partial charge in [-0.3, -0.25) is 28.7 Å². The maximum absolute atomic E-state index is 13.9. The number of carbonyl (C=O) groups is 3. The first-order valence-electron chi connectivity index (χ1n) is 12.2. The Morgan fingerprint density at radius 2 is 1.74 bits per heavy atom. The topological polar surface area (TPSA) is 122 Å². The van der Waals surface area contributed by atoms with Crippen LogP contribution in [0.1, 0.15) is 65.1 Å². The van der Waals surface area contributed by atoms with Crippen molar-refractivity contribution in [1.82, 2.24) is 14.5 Å². The lowest BCUT2D eigenvalue weighted by Gasteiger charge is -2.19. The number of aromatic amines is 1. The number of nitrogens with zero attached hydrogens (tertiary/aromatic N) is 3. The van der Waals surface area contributed by atoms with Crippen LogP contribution in [0, 0.1) is 13.8 Å². The largest absolute Gasteiger partial charge is 0.329 e. The Kier molecular flexibility index (Phi) is 7.52. The summed E-state index contributed by atoms with van der Waals surface area (Å²) in [6.07, 6.45) is 1.33. The number of anilines is 1. The molecule has 0 fully saturated rings. The number of H-pyrrole nitrogens is 1. The third-order valence-corrected chi connectivity index (χ3v) is 6.92. The van der Waals surface area contributed by atoms with Crippen LogP contribution in [0.15, 0.2) is 68.2 Å². The molecule has 39 heavy (non-hydrogen) atoms. The molecule has 0 saturated heterocycles. The highest BCUT2D eigenvalue weighted by molar-refractivity contribution is 9.10. The summed E-state index contributed by atoms with van der Waals surface area (Å²) in [5.41, 5.74) is 1.38. The molecule has 200 valence electrons. The van der Waals surface area contributed by atoms with Crippen molar-refractivity contribution in [1.29, 1.82) is 0 Å². The van der Waals surface area contributed by atoms with Crippen molar-refractivity contribution in [2.75, 3.05) is 4.90 Å². The molecule has 0 radical (unpaired) electrons. The number of hydrogen-bond donors (Lipinski definition) is 1. The highest BCUT2D eigenvalue weighted by Gasteiger charge is 2.36. The van der Waals surface area contributed by atoms with Crippen LogP contribution in [0.2, 0.25) is 0 Å². The van der Waals surface area contributed by atoms with E-state index in [1.807, 2.05) is 13.0 Å². The van der Waals surface area contributed by atoms with E-state index in [2.05, 4.69) is 32.5 Å². The Hall–Kier alpha value is -4.18. The van der Waals surface area contributed by atoms with Gasteiger partial charge in [-0.15, -0.1) is 0 Å². The molecular formula is C29H27BrN4O5. The smallest absolute Gasteiger partial charge is 0.287 e. The number of aryl methyl sites for hydroxylation is 2. The molecule has 4 rings (SSSR count). The van der Waals surface area contributed by atoms with E-state index in [9.17, 15) is 24.0 Å². The molecule has 10 heteroatoms. The first-order valence-corrected chi connectivity index (χ1v) is 13.0. The summed E-state index contributed by atoms with van der Waals surface area (Å²) in [5.74, 6) is -1.80. The van der Waals surface area contributed by atoms with Gasteiger partial charge in [-0.25, -0.2) is 14.7 Å².